The van der Waals surface area contributed by atoms with Crippen molar-refractivity contribution in [3.05, 3.63) is 80.3 Å². The van der Waals surface area contributed by atoms with Crippen molar-refractivity contribution in [2.75, 3.05) is 10.6 Å². The van der Waals surface area contributed by atoms with Gasteiger partial charge in [-0.2, -0.15) is 0 Å². The number of halogens is 2. The number of aromatic amines is 1. The van der Waals surface area contributed by atoms with Crippen molar-refractivity contribution in [3.63, 3.8) is 0 Å². The second-order valence-electron chi connectivity index (χ2n) is 7.27. The SMILES string of the molecule is Cc1ccc(Cl)cc1NC(=O)[C@H]1CC(=O)Nc2nc(SCc3ccccc3F)[nH]c(=O)c21. The molecule has 0 saturated carbocycles. The summed E-state index contributed by atoms with van der Waals surface area (Å²) in [6.07, 6.45) is -0.190. The maximum atomic E-state index is 13.9. The first-order valence-electron chi connectivity index (χ1n) is 9.69. The predicted molar refractivity (Wildman–Crippen MR) is 122 cm³/mol. The zero-order valence-electron chi connectivity index (χ0n) is 16.9. The van der Waals surface area contributed by atoms with Crippen LogP contribution in [0.15, 0.2) is 52.4 Å². The van der Waals surface area contributed by atoms with Crippen LogP contribution in [0.3, 0.4) is 0 Å². The Morgan fingerprint density at radius 3 is 2.84 bits per heavy atom. The van der Waals surface area contributed by atoms with Crippen LogP contribution in [0.25, 0.3) is 0 Å². The van der Waals surface area contributed by atoms with Crippen LogP contribution >= 0.6 is 23.4 Å². The number of aryl methyl sites for hydroxylation is 1. The number of rotatable bonds is 5. The van der Waals surface area contributed by atoms with E-state index in [-0.39, 0.29) is 34.5 Å². The van der Waals surface area contributed by atoms with E-state index >= 15 is 0 Å². The maximum absolute atomic E-state index is 13.9. The number of benzene rings is 2. The fourth-order valence-corrected chi connectivity index (χ4v) is 4.37. The van der Waals surface area contributed by atoms with Crippen LogP contribution in [0.1, 0.15) is 29.0 Å². The lowest BCUT2D eigenvalue weighted by Crippen LogP contribution is -2.36. The van der Waals surface area contributed by atoms with Gasteiger partial charge in [0, 0.05) is 22.9 Å². The highest BCUT2D eigenvalue weighted by molar-refractivity contribution is 7.98. The van der Waals surface area contributed by atoms with Gasteiger partial charge >= 0.3 is 0 Å². The standard InChI is InChI=1S/C22H18ClFN4O3S/c1-11-6-7-13(23)8-16(11)25-20(30)14-9-17(29)26-19-18(14)21(31)28-22(27-19)32-10-12-4-2-3-5-15(12)24/h2-8,14H,9-10H2,1H3,(H,25,30)(H2,26,27,28,29,31)/t14-/m0/s1. The number of nitrogens with one attached hydrogen (secondary N) is 3. The van der Waals surface area contributed by atoms with Gasteiger partial charge in [0.2, 0.25) is 11.8 Å². The van der Waals surface area contributed by atoms with Gasteiger partial charge in [0.05, 0.1) is 11.5 Å². The maximum Gasteiger partial charge on any atom is 0.257 e. The molecule has 0 spiro atoms. The lowest BCUT2D eigenvalue weighted by molar-refractivity contribution is -0.123. The van der Waals surface area contributed by atoms with Crippen LogP contribution in [-0.2, 0) is 15.3 Å². The molecule has 32 heavy (non-hydrogen) atoms. The number of aromatic nitrogens is 2. The third-order valence-electron chi connectivity index (χ3n) is 5.03. The molecule has 3 N–H and O–H groups in total. The summed E-state index contributed by atoms with van der Waals surface area (Å²) in [5.74, 6) is -2.04. The lowest BCUT2D eigenvalue weighted by Gasteiger charge is -2.24. The van der Waals surface area contributed by atoms with Gasteiger partial charge in [-0.05, 0) is 36.2 Å². The van der Waals surface area contributed by atoms with Crippen LogP contribution in [0.4, 0.5) is 15.9 Å². The summed E-state index contributed by atoms with van der Waals surface area (Å²) in [6.45, 7) is 1.81. The van der Waals surface area contributed by atoms with E-state index in [1.807, 2.05) is 0 Å². The molecule has 2 aromatic carbocycles. The van der Waals surface area contributed by atoms with Gasteiger partial charge in [-0.1, -0.05) is 47.6 Å². The van der Waals surface area contributed by atoms with Gasteiger partial charge in [-0.3, -0.25) is 14.4 Å². The number of fused-ring (bicyclic) bond motifs is 1. The van der Waals surface area contributed by atoms with Crippen molar-refractivity contribution in [2.45, 2.75) is 30.2 Å². The molecule has 0 bridgehead atoms. The first-order chi connectivity index (χ1) is 15.3. The van der Waals surface area contributed by atoms with Crippen LogP contribution in [-0.4, -0.2) is 21.8 Å². The van der Waals surface area contributed by atoms with Crippen LogP contribution < -0.4 is 16.2 Å². The molecule has 1 aliphatic heterocycles. The number of anilines is 2. The lowest BCUT2D eigenvalue weighted by atomic mass is 9.92. The quantitative estimate of drug-likeness (QED) is 0.381. The minimum Gasteiger partial charge on any atom is -0.325 e. The average Bonchev–Trinajstić information content (AvgIpc) is 2.75. The molecule has 1 aliphatic rings. The number of carbonyl (C=O) groups excluding carboxylic acids is 2. The van der Waals surface area contributed by atoms with E-state index in [1.165, 1.54) is 6.07 Å². The van der Waals surface area contributed by atoms with Crippen LogP contribution in [0, 0.1) is 12.7 Å². The predicted octanol–water partition coefficient (Wildman–Crippen LogP) is 4.23. The summed E-state index contributed by atoms with van der Waals surface area (Å²) in [6, 6.07) is 11.4. The third-order valence-corrected chi connectivity index (χ3v) is 6.18. The Bertz CT molecular complexity index is 1280. The van der Waals surface area contributed by atoms with Crippen molar-refractivity contribution in [1.29, 1.82) is 0 Å². The molecule has 7 nitrogen and oxygen atoms in total. The van der Waals surface area contributed by atoms with E-state index in [2.05, 4.69) is 20.6 Å². The highest BCUT2D eigenvalue weighted by Crippen LogP contribution is 2.32. The second-order valence-corrected chi connectivity index (χ2v) is 8.67. The largest absolute Gasteiger partial charge is 0.325 e. The van der Waals surface area contributed by atoms with Gasteiger partial charge in [0.1, 0.15) is 11.6 Å². The summed E-state index contributed by atoms with van der Waals surface area (Å²) in [4.78, 5) is 44.9. The number of hydrogen-bond acceptors (Lipinski definition) is 5. The zero-order chi connectivity index (χ0) is 22.8. The molecule has 1 aromatic heterocycles. The summed E-state index contributed by atoms with van der Waals surface area (Å²) in [7, 11) is 0. The van der Waals surface area contributed by atoms with Gasteiger partial charge < -0.3 is 15.6 Å². The van der Waals surface area contributed by atoms with E-state index in [1.54, 1.807) is 43.3 Å². The Kier molecular flexibility index (Phi) is 6.29. The Morgan fingerprint density at radius 1 is 1.28 bits per heavy atom. The summed E-state index contributed by atoms with van der Waals surface area (Å²) in [5.41, 5.74) is 1.29. The highest BCUT2D eigenvalue weighted by atomic mass is 35.5. The molecule has 0 unspecified atom stereocenters. The molecular formula is C22H18ClFN4O3S. The Balaban J connectivity index is 1.60. The van der Waals surface area contributed by atoms with E-state index in [4.69, 9.17) is 11.6 Å². The molecule has 3 aromatic rings. The van der Waals surface area contributed by atoms with Crippen LogP contribution in [0.5, 0.6) is 0 Å². The zero-order valence-corrected chi connectivity index (χ0v) is 18.4. The molecule has 164 valence electrons. The van der Waals surface area contributed by atoms with Gasteiger partial charge in [0.25, 0.3) is 5.56 Å². The summed E-state index contributed by atoms with van der Waals surface area (Å²) < 4.78 is 13.9. The number of amides is 2. The van der Waals surface area contributed by atoms with E-state index in [0.29, 0.717) is 16.3 Å². The van der Waals surface area contributed by atoms with Gasteiger partial charge in [-0.25, -0.2) is 9.37 Å². The number of carbonyl (C=O) groups is 2. The van der Waals surface area contributed by atoms with Crippen molar-refractivity contribution >= 4 is 46.7 Å². The first-order valence-corrected chi connectivity index (χ1v) is 11.1. The second kappa shape index (κ2) is 9.13. The molecule has 2 heterocycles. The third kappa shape index (κ3) is 4.68. The molecule has 0 saturated heterocycles. The Morgan fingerprint density at radius 2 is 2.06 bits per heavy atom. The Hall–Kier alpha value is -3.17. The highest BCUT2D eigenvalue weighted by Gasteiger charge is 2.35. The molecule has 4 rings (SSSR count). The van der Waals surface area contributed by atoms with Crippen molar-refractivity contribution in [1.82, 2.24) is 9.97 Å². The summed E-state index contributed by atoms with van der Waals surface area (Å²) >= 11 is 7.13. The molecule has 0 aliphatic carbocycles. The molecule has 1 atom stereocenters. The normalized spacial score (nSPS) is 15.1. The van der Waals surface area contributed by atoms with Gasteiger partial charge in [0.15, 0.2) is 5.16 Å². The van der Waals surface area contributed by atoms with Crippen molar-refractivity contribution in [2.24, 2.45) is 0 Å². The van der Waals surface area contributed by atoms with E-state index < -0.39 is 23.3 Å². The topological polar surface area (TPSA) is 104 Å². The fourth-order valence-electron chi connectivity index (χ4n) is 3.35. The number of hydrogen-bond donors (Lipinski definition) is 3. The molecule has 0 radical (unpaired) electrons. The van der Waals surface area contributed by atoms with E-state index in [0.717, 1.165) is 17.3 Å². The van der Waals surface area contributed by atoms with Crippen molar-refractivity contribution < 1.29 is 14.0 Å². The molecule has 2 amide bonds. The smallest absolute Gasteiger partial charge is 0.257 e. The number of H-pyrrole nitrogens is 1. The number of nitrogens with zero attached hydrogens (tertiary/aromatic N) is 1. The van der Waals surface area contributed by atoms with Crippen LogP contribution in [0.2, 0.25) is 5.02 Å². The average molecular weight is 473 g/mol. The molecular weight excluding hydrogens is 455 g/mol. The summed E-state index contributed by atoms with van der Waals surface area (Å²) in [5, 5.41) is 5.97. The minimum absolute atomic E-state index is 0.0315. The first kappa shape index (κ1) is 22.0. The van der Waals surface area contributed by atoms with E-state index in [9.17, 15) is 18.8 Å². The fraction of sp³-hybridized carbons (Fsp3) is 0.182. The minimum atomic E-state index is -1.01. The molecule has 0 fully saturated rings. The monoisotopic (exact) mass is 472 g/mol. The molecule has 10 heteroatoms. The Labute approximate surface area is 191 Å². The number of thioether (sulfide) groups is 1. The van der Waals surface area contributed by atoms with Gasteiger partial charge in [-0.15, -0.1) is 0 Å². The van der Waals surface area contributed by atoms with Crippen molar-refractivity contribution in [3.8, 4) is 0 Å².